The first-order valence-corrected chi connectivity index (χ1v) is 10.4. The maximum atomic E-state index is 12.5. The Labute approximate surface area is 169 Å². The Morgan fingerprint density at radius 3 is 2.93 bits per heavy atom. The van der Waals surface area contributed by atoms with E-state index in [0.29, 0.717) is 22.8 Å². The largest absolute Gasteiger partial charge is 0.342 e. The highest BCUT2D eigenvalue weighted by molar-refractivity contribution is 6.30. The molecule has 28 heavy (non-hydrogen) atoms. The molecule has 0 radical (unpaired) electrons. The number of carbonyl (C=O) groups is 1. The van der Waals surface area contributed by atoms with Crippen LogP contribution in [0.5, 0.6) is 0 Å². The summed E-state index contributed by atoms with van der Waals surface area (Å²) < 4.78 is 1.97. The van der Waals surface area contributed by atoms with E-state index in [1.807, 2.05) is 41.1 Å². The molecule has 1 saturated carbocycles. The third-order valence-corrected chi connectivity index (χ3v) is 6.08. The minimum absolute atomic E-state index is 0.291. The van der Waals surface area contributed by atoms with Gasteiger partial charge in [0.15, 0.2) is 0 Å². The zero-order valence-corrected chi connectivity index (χ0v) is 16.5. The van der Waals surface area contributed by atoms with Crippen LogP contribution in [0.3, 0.4) is 0 Å². The summed E-state index contributed by atoms with van der Waals surface area (Å²) in [6.45, 7) is 1.66. The van der Waals surface area contributed by atoms with Gasteiger partial charge in [-0.25, -0.2) is 4.98 Å². The van der Waals surface area contributed by atoms with Crippen molar-refractivity contribution in [1.29, 1.82) is 0 Å². The van der Waals surface area contributed by atoms with E-state index in [1.54, 1.807) is 0 Å². The van der Waals surface area contributed by atoms with Gasteiger partial charge in [0.1, 0.15) is 5.65 Å². The summed E-state index contributed by atoms with van der Waals surface area (Å²) in [5, 5.41) is 0.667. The Morgan fingerprint density at radius 1 is 1.18 bits per heavy atom. The van der Waals surface area contributed by atoms with Crippen molar-refractivity contribution in [3.63, 3.8) is 0 Å². The molecule has 5 rings (SSSR count). The summed E-state index contributed by atoms with van der Waals surface area (Å²) in [4.78, 5) is 24.0. The molecule has 2 fully saturated rings. The van der Waals surface area contributed by atoms with Crippen LogP contribution >= 0.6 is 11.6 Å². The first-order valence-electron chi connectivity index (χ1n) is 10.0. The summed E-state index contributed by atoms with van der Waals surface area (Å²) in [5.74, 6) is 1.25. The van der Waals surface area contributed by atoms with Gasteiger partial charge in [-0.15, -0.1) is 0 Å². The van der Waals surface area contributed by atoms with Gasteiger partial charge in [0, 0.05) is 37.3 Å². The lowest BCUT2D eigenvalue weighted by Gasteiger charge is -2.32. The van der Waals surface area contributed by atoms with Crippen LogP contribution in [0.15, 0.2) is 42.7 Å². The van der Waals surface area contributed by atoms with Gasteiger partial charge in [0.2, 0.25) is 5.91 Å². The molecule has 4 heterocycles. The molecule has 5 nitrogen and oxygen atoms in total. The van der Waals surface area contributed by atoms with Crippen molar-refractivity contribution >= 4 is 23.2 Å². The van der Waals surface area contributed by atoms with Gasteiger partial charge >= 0.3 is 0 Å². The molecular weight excluding hydrogens is 372 g/mol. The first kappa shape index (κ1) is 17.7. The van der Waals surface area contributed by atoms with E-state index in [-0.39, 0.29) is 0 Å². The van der Waals surface area contributed by atoms with E-state index in [9.17, 15) is 4.79 Å². The van der Waals surface area contributed by atoms with E-state index >= 15 is 0 Å². The van der Waals surface area contributed by atoms with Crippen molar-refractivity contribution in [2.24, 2.45) is 5.92 Å². The fourth-order valence-electron chi connectivity index (χ4n) is 4.11. The third kappa shape index (κ3) is 3.51. The molecule has 0 bridgehead atoms. The Morgan fingerprint density at radius 2 is 2.07 bits per heavy atom. The SMILES string of the molecule is O=C(CC1CC1)N1CCC[C@@H](c2cccc(-c3cnc4ccc(Cl)cn34)n2)C1. The van der Waals surface area contributed by atoms with Crippen molar-refractivity contribution in [3.8, 4) is 11.4 Å². The number of imidazole rings is 1. The molecule has 1 aliphatic heterocycles. The second-order valence-electron chi connectivity index (χ2n) is 7.99. The molecule has 2 aliphatic rings. The summed E-state index contributed by atoms with van der Waals surface area (Å²) in [5.41, 5.74) is 3.71. The quantitative estimate of drug-likeness (QED) is 0.652. The number of piperidine rings is 1. The van der Waals surface area contributed by atoms with E-state index in [1.165, 1.54) is 12.8 Å². The number of hydrogen-bond acceptors (Lipinski definition) is 3. The third-order valence-electron chi connectivity index (χ3n) is 5.86. The number of pyridine rings is 2. The first-order chi connectivity index (χ1) is 13.7. The van der Waals surface area contributed by atoms with Crippen LogP contribution in [0.4, 0.5) is 0 Å². The number of nitrogens with zero attached hydrogens (tertiary/aromatic N) is 4. The van der Waals surface area contributed by atoms with Crippen LogP contribution in [-0.4, -0.2) is 38.3 Å². The zero-order valence-electron chi connectivity index (χ0n) is 15.7. The molecule has 0 N–H and O–H groups in total. The van der Waals surface area contributed by atoms with Crippen LogP contribution in [0, 0.1) is 5.92 Å². The number of carbonyl (C=O) groups excluding carboxylic acids is 1. The summed E-state index contributed by atoms with van der Waals surface area (Å²) in [7, 11) is 0. The number of halogens is 1. The number of rotatable bonds is 4. The van der Waals surface area contributed by atoms with E-state index < -0.39 is 0 Å². The molecule has 1 amide bonds. The van der Waals surface area contributed by atoms with Gasteiger partial charge in [-0.1, -0.05) is 17.7 Å². The van der Waals surface area contributed by atoms with Gasteiger partial charge in [0.25, 0.3) is 0 Å². The zero-order chi connectivity index (χ0) is 19.1. The van der Waals surface area contributed by atoms with Crippen molar-refractivity contribution in [3.05, 3.63) is 53.4 Å². The molecule has 3 aromatic rings. The predicted molar refractivity (Wildman–Crippen MR) is 109 cm³/mol. The minimum Gasteiger partial charge on any atom is -0.342 e. The summed E-state index contributed by atoms with van der Waals surface area (Å²) in [6.07, 6.45) is 8.98. The topological polar surface area (TPSA) is 50.5 Å². The molecule has 0 aromatic carbocycles. The number of likely N-dealkylation sites (tertiary alicyclic amines) is 1. The van der Waals surface area contributed by atoms with E-state index in [2.05, 4.69) is 16.0 Å². The molecule has 1 saturated heterocycles. The molecule has 0 spiro atoms. The highest BCUT2D eigenvalue weighted by Crippen LogP contribution is 2.34. The van der Waals surface area contributed by atoms with Crippen molar-refractivity contribution in [2.75, 3.05) is 13.1 Å². The maximum Gasteiger partial charge on any atom is 0.222 e. The van der Waals surface area contributed by atoms with Gasteiger partial charge in [-0.05, 0) is 55.9 Å². The summed E-state index contributed by atoms with van der Waals surface area (Å²) >= 11 is 6.17. The average molecular weight is 395 g/mol. The molecule has 6 heteroatoms. The minimum atomic E-state index is 0.291. The van der Waals surface area contributed by atoms with Gasteiger partial charge in [-0.2, -0.15) is 0 Å². The molecule has 3 aromatic heterocycles. The molecule has 0 unspecified atom stereocenters. The van der Waals surface area contributed by atoms with Crippen molar-refractivity contribution in [1.82, 2.24) is 19.3 Å². The van der Waals surface area contributed by atoms with Gasteiger partial charge in [-0.3, -0.25) is 14.2 Å². The molecule has 1 atom stereocenters. The Kier molecular flexibility index (Phi) is 4.55. The lowest BCUT2D eigenvalue weighted by molar-refractivity contribution is -0.132. The Hall–Kier alpha value is -2.40. The predicted octanol–water partition coefficient (Wildman–Crippen LogP) is 4.56. The monoisotopic (exact) mass is 394 g/mol. The highest BCUT2D eigenvalue weighted by atomic mass is 35.5. The van der Waals surface area contributed by atoms with Gasteiger partial charge < -0.3 is 4.90 Å². The molecule has 144 valence electrons. The van der Waals surface area contributed by atoms with Crippen LogP contribution < -0.4 is 0 Å². The average Bonchev–Trinajstić information content (AvgIpc) is 3.44. The smallest absolute Gasteiger partial charge is 0.222 e. The van der Waals surface area contributed by atoms with Gasteiger partial charge in [0.05, 0.1) is 22.6 Å². The number of amides is 1. The second-order valence-corrected chi connectivity index (χ2v) is 8.43. The molecular formula is C22H23ClN4O. The number of hydrogen-bond donors (Lipinski definition) is 0. The lowest BCUT2D eigenvalue weighted by atomic mass is 9.93. The number of aromatic nitrogens is 3. The fraction of sp³-hybridized carbons (Fsp3) is 0.409. The standard InChI is InChI=1S/C22H23ClN4O/c23-17-8-9-21-24-12-20(27(21)14-17)19-5-1-4-18(25-19)16-3-2-10-26(13-16)22(28)11-15-6-7-15/h1,4-5,8-9,12,14-16H,2-3,6-7,10-11,13H2/t16-/m1/s1. The van der Waals surface area contributed by atoms with Crippen LogP contribution in [0.25, 0.3) is 17.0 Å². The van der Waals surface area contributed by atoms with E-state index in [4.69, 9.17) is 16.6 Å². The summed E-state index contributed by atoms with van der Waals surface area (Å²) in [6, 6.07) is 9.88. The van der Waals surface area contributed by atoms with Crippen molar-refractivity contribution < 1.29 is 4.79 Å². The van der Waals surface area contributed by atoms with Crippen molar-refractivity contribution in [2.45, 2.75) is 38.0 Å². The van der Waals surface area contributed by atoms with Crippen LogP contribution in [-0.2, 0) is 4.79 Å². The second kappa shape index (κ2) is 7.21. The van der Waals surface area contributed by atoms with Crippen LogP contribution in [0.2, 0.25) is 5.02 Å². The lowest BCUT2D eigenvalue weighted by Crippen LogP contribution is -2.39. The molecule has 1 aliphatic carbocycles. The Balaban J connectivity index is 1.40. The number of fused-ring (bicyclic) bond motifs is 1. The maximum absolute atomic E-state index is 12.5. The fourth-order valence-corrected chi connectivity index (χ4v) is 4.27. The Bertz CT molecular complexity index is 1030. The van der Waals surface area contributed by atoms with E-state index in [0.717, 1.165) is 55.1 Å². The normalized spacial score (nSPS) is 19.9. The highest BCUT2D eigenvalue weighted by Gasteiger charge is 2.30. The van der Waals surface area contributed by atoms with Crippen LogP contribution in [0.1, 0.15) is 43.7 Å².